The number of ether oxygens (including phenoxy) is 3. The Hall–Kier alpha value is -1.70. The summed E-state index contributed by atoms with van der Waals surface area (Å²) < 4.78 is 16.6. The Morgan fingerprint density at radius 3 is 2.84 bits per heavy atom. The lowest BCUT2D eigenvalue weighted by molar-refractivity contribution is -0.171. The van der Waals surface area contributed by atoms with E-state index in [1.807, 2.05) is 6.08 Å². The summed E-state index contributed by atoms with van der Waals surface area (Å²) in [6.45, 7) is 5.02. The Labute approximate surface area is 146 Å². The molecule has 1 spiro atoms. The largest absolute Gasteiger partial charge is 0.459 e. The van der Waals surface area contributed by atoms with E-state index in [1.54, 1.807) is 13.0 Å². The van der Waals surface area contributed by atoms with Gasteiger partial charge < -0.3 is 19.3 Å². The first-order valence-electron chi connectivity index (χ1n) is 8.71. The van der Waals surface area contributed by atoms with Crippen LogP contribution in [0.2, 0.25) is 0 Å². The molecular weight excluding hydrogens is 326 g/mol. The molecule has 4 aliphatic heterocycles. The summed E-state index contributed by atoms with van der Waals surface area (Å²) in [5, 5.41) is 10.8. The Kier molecular flexibility index (Phi) is 3.79. The topological polar surface area (TPSA) is 88.6 Å². The first kappa shape index (κ1) is 16.8. The maximum Gasteiger partial charge on any atom is 0.341 e. The van der Waals surface area contributed by atoms with Gasteiger partial charge in [0.2, 0.25) is 0 Å². The average molecular weight is 349 g/mol. The molecule has 0 aromatic rings. The summed E-state index contributed by atoms with van der Waals surface area (Å²) in [5.41, 5.74) is -1.62. The quantitative estimate of drug-likeness (QED) is 0.292. The van der Waals surface area contributed by atoms with Crippen molar-refractivity contribution in [2.75, 3.05) is 26.3 Å². The van der Waals surface area contributed by atoms with E-state index >= 15 is 0 Å². The van der Waals surface area contributed by atoms with Crippen molar-refractivity contribution in [2.24, 2.45) is 0 Å². The van der Waals surface area contributed by atoms with Gasteiger partial charge in [0.1, 0.15) is 18.3 Å². The van der Waals surface area contributed by atoms with Crippen LogP contribution in [0.25, 0.3) is 0 Å². The standard InChI is InChI=1S/C18H23NO6/c1-3-11-8-18(10-24-18)17(2,22)16(21)23-9-12-4-6-19-7-5-13(14(12)19)25-15(11)20/h3-4,13-14,22H,5-10H2,1-2H3/b11-3-. The molecule has 4 heterocycles. The molecule has 3 saturated heterocycles. The van der Waals surface area contributed by atoms with Crippen LogP contribution in [0.15, 0.2) is 23.3 Å². The van der Waals surface area contributed by atoms with Gasteiger partial charge in [0.05, 0.1) is 12.6 Å². The van der Waals surface area contributed by atoms with E-state index in [-0.39, 0.29) is 31.8 Å². The number of epoxide rings is 1. The Bertz CT molecular complexity index is 675. The normalized spacial score (nSPS) is 43.2. The molecule has 25 heavy (non-hydrogen) atoms. The molecule has 4 atom stereocenters. The Morgan fingerprint density at radius 1 is 1.40 bits per heavy atom. The van der Waals surface area contributed by atoms with Crippen LogP contribution in [0.5, 0.6) is 0 Å². The monoisotopic (exact) mass is 349 g/mol. The van der Waals surface area contributed by atoms with Crippen molar-refractivity contribution in [3.05, 3.63) is 23.3 Å². The third kappa shape index (κ3) is 2.53. The number of allylic oxidation sites excluding steroid dienone is 1. The van der Waals surface area contributed by atoms with Gasteiger partial charge in [0.15, 0.2) is 5.60 Å². The summed E-state index contributed by atoms with van der Waals surface area (Å²) in [6, 6.07) is -0.0506. The van der Waals surface area contributed by atoms with Gasteiger partial charge in [0.25, 0.3) is 0 Å². The molecular formula is C18H23NO6. The maximum atomic E-state index is 12.7. The Morgan fingerprint density at radius 2 is 2.16 bits per heavy atom. The van der Waals surface area contributed by atoms with Crippen molar-refractivity contribution in [1.82, 2.24) is 4.90 Å². The maximum absolute atomic E-state index is 12.7. The smallest absolute Gasteiger partial charge is 0.341 e. The summed E-state index contributed by atoms with van der Waals surface area (Å²) in [4.78, 5) is 27.4. The van der Waals surface area contributed by atoms with Gasteiger partial charge in [-0.15, -0.1) is 0 Å². The van der Waals surface area contributed by atoms with E-state index < -0.39 is 23.1 Å². The molecule has 4 unspecified atom stereocenters. The zero-order valence-corrected chi connectivity index (χ0v) is 14.5. The average Bonchev–Trinajstić information content (AvgIpc) is 3.12. The predicted molar refractivity (Wildman–Crippen MR) is 86.6 cm³/mol. The van der Waals surface area contributed by atoms with Crippen molar-refractivity contribution in [3.63, 3.8) is 0 Å². The molecule has 0 aromatic carbocycles. The Balaban J connectivity index is 1.68. The second-order valence-electron chi connectivity index (χ2n) is 7.37. The van der Waals surface area contributed by atoms with E-state index in [0.29, 0.717) is 5.57 Å². The summed E-state index contributed by atoms with van der Waals surface area (Å²) in [5.74, 6) is -1.12. The minimum atomic E-state index is -1.82. The van der Waals surface area contributed by atoms with Crippen LogP contribution >= 0.6 is 0 Å². The lowest BCUT2D eigenvalue weighted by atomic mass is 9.84. The number of rotatable bonds is 0. The molecule has 0 aliphatic carbocycles. The second kappa shape index (κ2) is 5.65. The zero-order chi connectivity index (χ0) is 17.8. The highest BCUT2D eigenvalue weighted by molar-refractivity contribution is 5.90. The molecule has 3 fully saturated rings. The van der Waals surface area contributed by atoms with E-state index in [2.05, 4.69) is 4.90 Å². The van der Waals surface area contributed by atoms with Crippen LogP contribution in [-0.4, -0.2) is 71.6 Å². The number of hydrogen-bond donors (Lipinski definition) is 1. The van der Waals surface area contributed by atoms with E-state index in [9.17, 15) is 14.7 Å². The molecule has 4 aliphatic rings. The zero-order valence-electron chi connectivity index (χ0n) is 14.5. The summed E-state index contributed by atoms with van der Waals surface area (Å²) >= 11 is 0. The molecule has 0 saturated carbocycles. The minimum Gasteiger partial charge on any atom is -0.459 e. The van der Waals surface area contributed by atoms with Crippen LogP contribution in [-0.2, 0) is 23.8 Å². The molecule has 0 amide bonds. The highest BCUT2D eigenvalue weighted by Gasteiger charge is 2.64. The molecule has 136 valence electrons. The molecule has 7 heteroatoms. The lowest BCUT2D eigenvalue weighted by Gasteiger charge is -2.31. The number of aliphatic hydroxyl groups is 1. The molecule has 4 rings (SSSR count). The SMILES string of the molecule is C/C=C1/CC2(CO2)C(C)(O)C(=O)OCC2=CCN3CCC(OC1=O)C23. The third-order valence-electron chi connectivity index (χ3n) is 5.91. The van der Waals surface area contributed by atoms with Crippen molar-refractivity contribution in [2.45, 2.75) is 50.0 Å². The van der Waals surface area contributed by atoms with Crippen LogP contribution in [0.4, 0.5) is 0 Å². The van der Waals surface area contributed by atoms with Gasteiger partial charge in [0, 0.05) is 25.1 Å². The first-order chi connectivity index (χ1) is 11.9. The van der Waals surface area contributed by atoms with Crippen molar-refractivity contribution >= 4 is 11.9 Å². The number of carbonyl (C=O) groups excluding carboxylic acids is 2. The number of cyclic esters (lactones) is 1. The van der Waals surface area contributed by atoms with Crippen LogP contribution < -0.4 is 0 Å². The van der Waals surface area contributed by atoms with Crippen LogP contribution in [0.1, 0.15) is 26.7 Å². The van der Waals surface area contributed by atoms with Crippen molar-refractivity contribution < 1.29 is 28.9 Å². The lowest BCUT2D eigenvalue weighted by Crippen LogP contribution is -2.52. The molecule has 0 bridgehead atoms. The van der Waals surface area contributed by atoms with E-state index in [1.165, 1.54) is 6.92 Å². The van der Waals surface area contributed by atoms with Crippen molar-refractivity contribution in [3.8, 4) is 0 Å². The number of hydrogen-bond acceptors (Lipinski definition) is 7. The first-order valence-corrected chi connectivity index (χ1v) is 8.71. The summed E-state index contributed by atoms with van der Waals surface area (Å²) in [6.07, 6.45) is 4.31. The van der Waals surface area contributed by atoms with Gasteiger partial charge in [-0.1, -0.05) is 12.2 Å². The van der Waals surface area contributed by atoms with Gasteiger partial charge in [-0.05, 0) is 25.8 Å². The fourth-order valence-corrected chi connectivity index (χ4v) is 4.06. The van der Waals surface area contributed by atoms with Gasteiger partial charge in [-0.2, -0.15) is 0 Å². The summed E-state index contributed by atoms with van der Waals surface area (Å²) in [7, 11) is 0. The highest BCUT2D eigenvalue weighted by atomic mass is 16.6. The predicted octanol–water partition coefficient (Wildman–Crippen LogP) is 0.326. The van der Waals surface area contributed by atoms with E-state index in [4.69, 9.17) is 14.2 Å². The molecule has 0 radical (unpaired) electrons. The van der Waals surface area contributed by atoms with Crippen LogP contribution in [0.3, 0.4) is 0 Å². The third-order valence-corrected chi connectivity index (χ3v) is 5.91. The van der Waals surface area contributed by atoms with Gasteiger partial charge in [-0.25, -0.2) is 9.59 Å². The molecule has 1 N–H and O–H groups in total. The highest BCUT2D eigenvalue weighted by Crippen LogP contribution is 2.45. The van der Waals surface area contributed by atoms with E-state index in [0.717, 1.165) is 25.1 Å². The molecule has 0 aromatic heterocycles. The minimum absolute atomic E-state index is 0.0506. The molecule has 7 nitrogen and oxygen atoms in total. The fraction of sp³-hybridized carbons (Fsp3) is 0.667. The number of nitrogens with zero attached hydrogens (tertiary/aromatic N) is 1. The van der Waals surface area contributed by atoms with Gasteiger partial charge >= 0.3 is 11.9 Å². The number of esters is 2. The van der Waals surface area contributed by atoms with Crippen LogP contribution in [0, 0.1) is 0 Å². The second-order valence-corrected chi connectivity index (χ2v) is 7.37. The van der Waals surface area contributed by atoms with Crippen molar-refractivity contribution in [1.29, 1.82) is 0 Å². The van der Waals surface area contributed by atoms with Gasteiger partial charge in [-0.3, -0.25) is 4.90 Å². The number of carbonyl (C=O) groups is 2. The fourth-order valence-electron chi connectivity index (χ4n) is 4.06.